The van der Waals surface area contributed by atoms with E-state index in [1.54, 1.807) is 24.1 Å². The Kier molecular flexibility index (Phi) is 9.71. The lowest BCUT2D eigenvalue weighted by molar-refractivity contribution is -0.137. The molecule has 0 atom stereocenters. The highest BCUT2D eigenvalue weighted by atomic mass is 35.5. The topological polar surface area (TPSA) is 69.6 Å². The molecule has 9 heteroatoms. The third-order valence-electron chi connectivity index (χ3n) is 2.48. The Balaban J connectivity index is 0.00000441. The number of nitrogens with one attached hydrogen (secondary N) is 1. The summed E-state index contributed by atoms with van der Waals surface area (Å²) in [4.78, 5) is 24.1. The van der Waals surface area contributed by atoms with Crippen molar-refractivity contribution in [3.05, 3.63) is 24.3 Å². The molecule has 0 radical (unpaired) electrons. The summed E-state index contributed by atoms with van der Waals surface area (Å²) in [6.45, 7) is 0.327. The summed E-state index contributed by atoms with van der Waals surface area (Å²) >= 11 is 0.436. The van der Waals surface area contributed by atoms with Crippen LogP contribution >= 0.6 is 24.2 Å². The monoisotopic (exact) mass is 354 g/mol. The third kappa shape index (κ3) is 8.81. The van der Waals surface area contributed by atoms with Gasteiger partial charge in [-0.15, -0.1) is 12.4 Å². The number of carbonyl (C=O) groups excluding carboxylic acids is 1. The summed E-state index contributed by atoms with van der Waals surface area (Å²) in [5.74, 6) is -3.69. The molecule has 0 spiro atoms. The second kappa shape index (κ2) is 10.4. The van der Waals surface area contributed by atoms with Crippen LogP contribution in [0.15, 0.2) is 29.2 Å². The van der Waals surface area contributed by atoms with Crippen LogP contribution in [-0.2, 0) is 9.59 Å². The fraction of sp³-hybridized carbons (Fsp3) is 0.385. The Morgan fingerprint density at radius 1 is 1.32 bits per heavy atom. The average Bonchev–Trinajstić information content (AvgIpc) is 2.38. The number of nitrogens with zero attached hydrogens (tertiary/aromatic N) is 1. The van der Waals surface area contributed by atoms with Gasteiger partial charge in [-0.2, -0.15) is 8.78 Å². The number of carboxylic acid groups (broad SMARTS) is 1. The quantitative estimate of drug-likeness (QED) is 0.702. The predicted octanol–water partition coefficient (Wildman–Crippen LogP) is 2.77. The van der Waals surface area contributed by atoms with E-state index in [9.17, 15) is 18.4 Å². The van der Waals surface area contributed by atoms with Gasteiger partial charge in [-0.3, -0.25) is 14.5 Å². The van der Waals surface area contributed by atoms with Crippen LogP contribution in [0.1, 0.15) is 6.42 Å². The van der Waals surface area contributed by atoms with E-state index in [0.717, 1.165) is 0 Å². The number of carboxylic acids is 1. The summed E-state index contributed by atoms with van der Waals surface area (Å²) in [7, 11) is 1.64. The molecule has 0 aliphatic rings. The van der Waals surface area contributed by atoms with Crippen molar-refractivity contribution in [3.8, 4) is 0 Å². The van der Waals surface area contributed by atoms with Gasteiger partial charge >= 0.3 is 5.97 Å². The van der Waals surface area contributed by atoms with Crippen LogP contribution < -0.4 is 5.32 Å². The second-order valence-corrected chi connectivity index (χ2v) is 5.40. The Morgan fingerprint density at radius 2 is 1.91 bits per heavy atom. The predicted molar refractivity (Wildman–Crippen MR) is 83.9 cm³/mol. The molecular weight excluding hydrogens is 338 g/mol. The number of benzene rings is 1. The van der Waals surface area contributed by atoms with Gasteiger partial charge in [0.15, 0.2) is 0 Å². The molecule has 1 rings (SSSR count). The molecule has 0 saturated carbocycles. The van der Waals surface area contributed by atoms with Crippen molar-refractivity contribution in [1.82, 2.24) is 4.90 Å². The van der Waals surface area contributed by atoms with Crippen molar-refractivity contribution >= 4 is 41.7 Å². The Bertz CT molecular complexity index is 489. The molecule has 5 nitrogen and oxygen atoms in total. The van der Waals surface area contributed by atoms with Gasteiger partial charge in [0.05, 0.1) is 13.0 Å². The minimum Gasteiger partial charge on any atom is -0.481 e. The molecule has 1 aromatic carbocycles. The van der Waals surface area contributed by atoms with Gasteiger partial charge in [0, 0.05) is 17.1 Å². The van der Waals surface area contributed by atoms with Crippen LogP contribution in [0.5, 0.6) is 0 Å². The first-order valence-corrected chi connectivity index (χ1v) is 7.00. The minimum atomic E-state index is -2.48. The first-order chi connectivity index (χ1) is 9.86. The maximum absolute atomic E-state index is 12.1. The summed E-state index contributed by atoms with van der Waals surface area (Å²) in [6.07, 6.45) is -0.0384. The molecule has 22 heavy (non-hydrogen) atoms. The van der Waals surface area contributed by atoms with Crippen LogP contribution in [0, 0.1) is 0 Å². The van der Waals surface area contributed by atoms with E-state index in [1.807, 2.05) is 0 Å². The summed E-state index contributed by atoms with van der Waals surface area (Å²) in [5, 5.41) is 11.2. The van der Waals surface area contributed by atoms with Gasteiger partial charge in [0.2, 0.25) is 5.91 Å². The summed E-state index contributed by atoms with van der Waals surface area (Å²) in [6, 6.07) is 6.08. The number of anilines is 1. The highest BCUT2D eigenvalue weighted by Crippen LogP contribution is 2.26. The standard InChI is InChI=1S/C13H16F2N2O3S.ClH/c1-17(7-6-12(19)20)8-11(18)16-9-2-4-10(5-3-9)21-13(14)15;/h2-5,13H,6-8H2,1H3,(H,16,18)(H,19,20);1H. The number of rotatable bonds is 8. The van der Waals surface area contributed by atoms with E-state index >= 15 is 0 Å². The van der Waals surface area contributed by atoms with Crippen LogP contribution in [0.3, 0.4) is 0 Å². The van der Waals surface area contributed by atoms with E-state index < -0.39 is 11.7 Å². The van der Waals surface area contributed by atoms with Gasteiger partial charge in [0.25, 0.3) is 5.76 Å². The first kappa shape index (κ1) is 20.6. The Morgan fingerprint density at radius 3 is 2.41 bits per heavy atom. The Labute approximate surface area is 137 Å². The van der Waals surface area contributed by atoms with E-state index in [1.165, 1.54) is 12.1 Å². The molecule has 2 N–H and O–H groups in total. The SMILES string of the molecule is CN(CCC(=O)O)CC(=O)Nc1ccc(SC(F)F)cc1.Cl. The molecule has 0 unspecified atom stereocenters. The average molecular weight is 355 g/mol. The van der Waals surface area contributed by atoms with Crippen LogP contribution in [-0.4, -0.2) is 47.8 Å². The lowest BCUT2D eigenvalue weighted by atomic mass is 10.3. The second-order valence-electron chi connectivity index (χ2n) is 4.33. The molecule has 0 fully saturated rings. The number of alkyl halides is 2. The highest BCUT2D eigenvalue weighted by molar-refractivity contribution is 7.99. The van der Waals surface area contributed by atoms with Crippen molar-refractivity contribution in [2.45, 2.75) is 17.1 Å². The van der Waals surface area contributed by atoms with Crippen LogP contribution in [0.4, 0.5) is 14.5 Å². The van der Waals surface area contributed by atoms with Gasteiger partial charge < -0.3 is 10.4 Å². The van der Waals surface area contributed by atoms with Gasteiger partial charge in [-0.25, -0.2) is 0 Å². The minimum absolute atomic E-state index is 0. The van der Waals surface area contributed by atoms with Crippen LogP contribution in [0.2, 0.25) is 0 Å². The zero-order chi connectivity index (χ0) is 15.8. The van der Waals surface area contributed by atoms with Crippen molar-refractivity contribution in [1.29, 1.82) is 0 Å². The number of hydrogen-bond acceptors (Lipinski definition) is 4. The smallest absolute Gasteiger partial charge is 0.304 e. The van der Waals surface area contributed by atoms with E-state index in [0.29, 0.717) is 22.3 Å². The third-order valence-corrected chi connectivity index (χ3v) is 3.21. The fourth-order valence-electron chi connectivity index (χ4n) is 1.53. The van der Waals surface area contributed by atoms with Crippen molar-refractivity contribution < 1.29 is 23.5 Å². The number of carbonyl (C=O) groups is 2. The maximum Gasteiger partial charge on any atom is 0.304 e. The zero-order valence-electron chi connectivity index (χ0n) is 11.8. The number of aliphatic carboxylic acids is 1. The number of amides is 1. The molecule has 0 bridgehead atoms. The number of thioether (sulfide) groups is 1. The van der Waals surface area contributed by atoms with E-state index in [2.05, 4.69) is 5.32 Å². The maximum atomic E-state index is 12.1. The Hall–Kier alpha value is -1.38. The van der Waals surface area contributed by atoms with Gasteiger partial charge in [0.1, 0.15) is 0 Å². The molecule has 1 aromatic rings. The van der Waals surface area contributed by atoms with Gasteiger partial charge in [-0.1, -0.05) is 11.8 Å². The van der Waals surface area contributed by atoms with E-state index in [4.69, 9.17) is 5.11 Å². The molecular formula is C13H17ClF2N2O3S. The zero-order valence-corrected chi connectivity index (χ0v) is 13.4. The number of hydrogen-bond donors (Lipinski definition) is 2. The van der Waals surface area contributed by atoms with Crippen molar-refractivity contribution in [3.63, 3.8) is 0 Å². The van der Waals surface area contributed by atoms with Crippen molar-refractivity contribution in [2.75, 3.05) is 25.5 Å². The lowest BCUT2D eigenvalue weighted by Crippen LogP contribution is -2.31. The molecule has 0 aliphatic carbocycles. The normalized spacial score (nSPS) is 10.4. The molecule has 0 saturated heterocycles. The largest absolute Gasteiger partial charge is 0.481 e. The lowest BCUT2D eigenvalue weighted by Gasteiger charge is -2.15. The summed E-state index contributed by atoms with van der Waals surface area (Å²) < 4.78 is 24.3. The van der Waals surface area contributed by atoms with Crippen LogP contribution in [0.25, 0.3) is 0 Å². The summed E-state index contributed by atoms with van der Waals surface area (Å²) in [5.41, 5.74) is 0.505. The first-order valence-electron chi connectivity index (χ1n) is 6.12. The van der Waals surface area contributed by atoms with E-state index in [-0.39, 0.29) is 37.8 Å². The molecule has 0 aromatic heterocycles. The fourth-order valence-corrected chi connectivity index (χ4v) is 2.03. The molecule has 0 aliphatic heterocycles. The van der Waals surface area contributed by atoms with Gasteiger partial charge in [-0.05, 0) is 31.3 Å². The number of likely N-dealkylation sites (N-methyl/N-ethyl adjacent to an activating group) is 1. The highest BCUT2D eigenvalue weighted by Gasteiger charge is 2.09. The molecule has 1 amide bonds. The molecule has 0 heterocycles. The van der Waals surface area contributed by atoms with Crippen molar-refractivity contribution in [2.24, 2.45) is 0 Å². The number of halogens is 3. The molecule has 124 valence electrons.